The number of amides is 2. The minimum absolute atomic E-state index is 0.0725. The predicted molar refractivity (Wildman–Crippen MR) is 101 cm³/mol. The lowest BCUT2D eigenvalue weighted by molar-refractivity contribution is -0.137. The highest BCUT2D eigenvalue weighted by Gasteiger charge is 2.45. The lowest BCUT2D eigenvalue weighted by Crippen LogP contribution is -2.36. The van der Waals surface area contributed by atoms with Crippen LogP contribution in [0.4, 0.5) is 18.0 Å². The van der Waals surface area contributed by atoms with E-state index >= 15 is 0 Å². The maximum Gasteiger partial charge on any atom is 0.416 e. The third kappa shape index (κ3) is 4.04. The minimum atomic E-state index is -4.35. The first-order valence-electron chi connectivity index (χ1n) is 9.68. The molecule has 2 N–H and O–H groups in total. The summed E-state index contributed by atoms with van der Waals surface area (Å²) in [6.07, 6.45) is -0.0682. The molecular weight excluding hydrogens is 399 g/mol. The van der Waals surface area contributed by atoms with E-state index in [2.05, 4.69) is 10.00 Å². The third-order valence-corrected chi connectivity index (χ3v) is 5.95. The van der Waals surface area contributed by atoms with Crippen LogP contribution in [0.2, 0.25) is 0 Å². The summed E-state index contributed by atoms with van der Waals surface area (Å²) in [4.78, 5) is 27.7. The number of primary amides is 1. The molecule has 10 heteroatoms. The Hall–Kier alpha value is -2.88. The zero-order valence-corrected chi connectivity index (χ0v) is 16.2. The Labute approximate surface area is 171 Å². The monoisotopic (exact) mass is 421 g/mol. The summed E-state index contributed by atoms with van der Waals surface area (Å²) in [5.41, 5.74) is 5.29. The number of likely N-dealkylation sites (tertiary alicyclic amines) is 2. The van der Waals surface area contributed by atoms with Crippen LogP contribution in [0, 0.1) is 5.41 Å². The van der Waals surface area contributed by atoms with Gasteiger partial charge >= 0.3 is 12.2 Å². The van der Waals surface area contributed by atoms with Gasteiger partial charge in [0.25, 0.3) is 5.91 Å². The summed E-state index contributed by atoms with van der Waals surface area (Å²) in [7, 11) is 0. The van der Waals surface area contributed by atoms with E-state index in [0.717, 1.165) is 36.7 Å². The highest BCUT2D eigenvalue weighted by molar-refractivity contribution is 5.93. The number of hydrogen-bond donors (Lipinski definition) is 1. The topological polar surface area (TPSA) is 84.5 Å². The molecule has 2 amide bonds. The zero-order valence-electron chi connectivity index (χ0n) is 16.2. The molecule has 0 bridgehead atoms. The highest BCUT2D eigenvalue weighted by atomic mass is 19.4. The van der Waals surface area contributed by atoms with Crippen molar-refractivity contribution < 1.29 is 22.8 Å². The molecule has 160 valence electrons. The maximum atomic E-state index is 12.9. The second-order valence-corrected chi connectivity index (χ2v) is 8.15. The van der Waals surface area contributed by atoms with E-state index in [0.29, 0.717) is 25.2 Å². The lowest BCUT2D eigenvalue weighted by Gasteiger charge is -2.25. The number of halogens is 3. The third-order valence-electron chi connectivity index (χ3n) is 5.95. The number of carbonyl (C=O) groups is 2. The van der Waals surface area contributed by atoms with Crippen LogP contribution in [0.5, 0.6) is 0 Å². The first-order chi connectivity index (χ1) is 14.2. The fraction of sp³-hybridized carbons (Fsp3) is 0.450. The molecule has 0 saturated carbocycles. The van der Waals surface area contributed by atoms with Gasteiger partial charge in [-0.1, -0.05) is 18.2 Å². The van der Waals surface area contributed by atoms with Crippen molar-refractivity contribution in [3.63, 3.8) is 0 Å². The van der Waals surface area contributed by atoms with E-state index in [1.807, 2.05) is 0 Å². The summed E-state index contributed by atoms with van der Waals surface area (Å²) in [6, 6.07) is 5.11. The first kappa shape index (κ1) is 20.4. The number of benzene rings is 1. The van der Waals surface area contributed by atoms with Crippen LogP contribution >= 0.6 is 0 Å². The lowest BCUT2D eigenvalue weighted by atomic mass is 9.86. The van der Waals surface area contributed by atoms with E-state index < -0.39 is 17.6 Å². The number of rotatable bonds is 3. The van der Waals surface area contributed by atoms with Gasteiger partial charge in [-0.25, -0.2) is 4.79 Å². The van der Waals surface area contributed by atoms with Crippen molar-refractivity contribution in [2.75, 3.05) is 26.2 Å². The van der Waals surface area contributed by atoms with E-state index in [-0.39, 0.29) is 17.0 Å². The first-order valence-corrected chi connectivity index (χ1v) is 9.68. The van der Waals surface area contributed by atoms with Crippen LogP contribution < -0.4 is 5.73 Å². The van der Waals surface area contributed by atoms with Crippen molar-refractivity contribution in [3.05, 3.63) is 53.3 Å². The Morgan fingerprint density at radius 1 is 1.17 bits per heavy atom. The molecule has 0 radical (unpaired) electrons. The largest absolute Gasteiger partial charge is 0.416 e. The van der Waals surface area contributed by atoms with Gasteiger partial charge in [0.15, 0.2) is 0 Å². The molecule has 4 rings (SSSR count). The van der Waals surface area contributed by atoms with Crippen LogP contribution in [0.25, 0.3) is 0 Å². The molecule has 1 spiro atoms. The summed E-state index contributed by atoms with van der Waals surface area (Å²) < 4.78 is 39.9. The van der Waals surface area contributed by atoms with Crippen molar-refractivity contribution in [2.45, 2.75) is 25.6 Å². The number of carbonyl (C=O) groups excluding carboxylic acids is 2. The summed E-state index contributed by atoms with van der Waals surface area (Å²) in [6.45, 7) is 3.06. The van der Waals surface area contributed by atoms with Gasteiger partial charge in [-0.2, -0.15) is 23.0 Å². The Balaban J connectivity index is 1.38. The zero-order chi connectivity index (χ0) is 21.5. The van der Waals surface area contributed by atoms with E-state index in [1.165, 1.54) is 24.5 Å². The Bertz CT molecular complexity index is 973. The Morgan fingerprint density at radius 3 is 2.63 bits per heavy atom. The summed E-state index contributed by atoms with van der Waals surface area (Å²) >= 11 is 0. The molecule has 7 nitrogen and oxygen atoms in total. The molecule has 30 heavy (non-hydrogen) atoms. The van der Waals surface area contributed by atoms with E-state index in [4.69, 9.17) is 5.73 Å². The second kappa shape index (κ2) is 7.42. The molecule has 0 aliphatic carbocycles. The molecule has 3 heterocycles. The van der Waals surface area contributed by atoms with Gasteiger partial charge < -0.3 is 10.6 Å². The van der Waals surface area contributed by atoms with Crippen LogP contribution in [0.1, 0.15) is 34.3 Å². The molecule has 1 aromatic heterocycles. The van der Waals surface area contributed by atoms with Crippen LogP contribution in [0.3, 0.4) is 0 Å². The average molecular weight is 421 g/mol. The number of aromatic nitrogens is 2. The standard InChI is InChI=1S/C20H22F3N5O2/c21-20(22,23)16-3-1-2-14(8-16)10-26-6-4-19(12-26)5-7-27(13-19)18(30)28-11-15(9-25-28)17(24)29/h1-3,8-9,11H,4-7,10,12-13H2,(H2,24,29). The van der Waals surface area contributed by atoms with Gasteiger partial charge in [-0.05, 0) is 31.0 Å². The average Bonchev–Trinajstić information content (AvgIpc) is 3.42. The number of alkyl halides is 3. The van der Waals surface area contributed by atoms with Crippen LogP contribution in [0.15, 0.2) is 36.7 Å². The van der Waals surface area contributed by atoms with Crippen LogP contribution in [-0.2, 0) is 12.7 Å². The van der Waals surface area contributed by atoms with E-state index in [9.17, 15) is 22.8 Å². The number of nitrogens with zero attached hydrogens (tertiary/aromatic N) is 4. The Kier molecular flexibility index (Phi) is 5.05. The second-order valence-electron chi connectivity index (χ2n) is 8.15. The van der Waals surface area contributed by atoms with Gasteiger partial charge in [-0.15, -0.1) is 0 Å². The van der Waals surface area contributed by atoms with Crippen molar-refractivity contribution in [3.8, 4) is 0 Å². The fourth-order valence-corrected chi connectivity index (χ4v) is 4.40. The van der Waals surface area contributed by atoms with Crippen LogP contribution in [-0.4, -0.2) is 57.7 Å². The normalized spacial score (nSPS) is 22.2. The van der Waals surface area contributed by atoms with Crippen molar-refractivity contribution >= 4 is 11.9 Å². The molecule has 1 atom stereocenters. The van der Waals surface area contributed by atoms with Crippen molar-refractivity contribution in [1.29, 1.82) is 0 Å². The van der Waals surface area contributed by atoms with Gasteiger partial charge in [0.05, 0.1) is 17.3 Å². The molecule has 2 aliphatic heterocycles. The van der Waals surface area contributed by atoms with Gasteiger partial charge in [0.1, 0.15) is 0 Å². The van der Waals surface area contributed by atoms with Gasteiger partial charge in [-0.3, -0.25) is 9.69 Å². The molecule has 2 saturated heterocycles. The molecule has 2 aromatic rings. The van der Waals surface area contributed by atoms with E-state index in [1.54, 1.807) is 11.0 Å². The molecule has 2 aliphatic rings. The highest BCUT2D eigenvalue weighted by Crippen LogP contribution is 2.40. The maximum absolute atomic E-state index is 12.9. The Morgan fingerprint density at radius 2 is 1.93 bits per heavy atom. The molecule has 1 aromatic carbocycles. The number of nitrogens with two attached hydrogens (primary N) is 1. The van der Waals surface area contributed by atoms with Gasteiger partial charge in [0.2, 0.25) is 0 Å². The minimum Gasteiger partial charge on any atom is -0.366 e. The summed E-state index contributed by atoms with van der Waals surface area (Å²) in [5, 5.41) is 3.92. The van der Waals surface area contributed by atoms with Crippen molar-refractivity contribution in [2.24, 2.45) is 11.1 Å². The molecule has 1 unspecified atom stereocenters. The van der Waals surface area contributed by atoms with Crippen molar-refractivity contribution in [1.82, 2.24) is 19.6 Å². The predicted octanol–water partition coefficient (Wildman–Crippen LogP) is 2.57. The molecular formula is C20H22F3N5O2. The summed E-state index contributed by atoms with van der Waals surface area (Å²) in [5.74, 6) is -0.645. The quantitative estimate of drug-likeness (QED) is 0.826. The SMILES string of the molecule is NC(=O)c1cnn(C(=O)N2CCC3(CCN(Cc4cccc(C(F)(F)F)c4)C3)C2)c1. The van der Waals surface area contributed by atoms with Gasteiger partial charge in [0, 0.05) is 37.8 Å². The number of hydrogen-bond acceptors (Lipinski definition) is 4. The fourth-order valence-electron chi connectivity index (χ4n) is 4.40. The smallest absolute Gasteiger partial charge is 0.366 e. The molecule has 2 fully saturated rings.